The molecule has 0 spiro atoms. The van der Waals surface area contributed by atoms with Crippen molar-refractivity contribution in [3.8, 4) is 0 Å². The summed E-state index contributed by atoms with van der Waals surface area (Å²) in [5.41, 5.74) is 4.51. The van der Waals surface area contributed by atoms with Gasteiger partial charge in [-0.1, -0.05) is 24.3 Å². The Kier molecular flexibility index (Phi) is 5.50. The summed E-state index contributed by atoms with van der Waals surface area (Å²) in [4.78, 5) is 23.6. The van der Waals surface area contributed by atoms with Crippen molar-refractivity contribution in [3.05, 3.63) is 77.2 Å². The molecule has 1 N–H and O–H groups in total. The third-order valence-corrected chi connectivity index (χ3v) is 4.18. The SMILES string of the molecule is CCN(C(=O)c1cc(Nc2cc(C)cc(C)c2)nc(C)n1)c1ccccc1. The monoisotopic (exact) mass is 360 g/mol. The van der Waals surface area contributed by atoms with Crippen LogP contribution in [0.4, 0.5) is 17.2 Å². The van der Waals surface area contributed by atoms with Crippen molar-refractivity contribution in [3.63, 3.8) is 0 Å². The first-order valence-corrected chi connectivity index (χ1v) is 9.04. The van der Waals surface area contributed by atoms with Crippen LogP contribution in [0.25, 0.3) is 0 Å². The quantitative estimate of drug-likeness (QED) is 0.709. The number of nitrogens with zero attached hydrogens (tertiary/aromatic N) is 3. The zero-order valence-electron chi connectivity index (χ0n) is 16.2. The van der Waals surface area contributed by atoms with Crippen molar-refractivity contribution in [1.82, 2.24) is 9.97 Å². The number of benzene rings is 2. The minimum atomic E-state index is -0.141. The van der Waals surface area contributed by atoms with Gasteiger partial charge in [-0.15, -0.1) is 0 Å². The zero-order chi connectivity index (χ0) is 19.4. The molecule has 27 heavy (non-hydrogen) atoms. The molecule has 0 bridgehead atoms. The Morgan fingerprint density at radius 1 is 0.963 bits per heavy atom. The van der Waals surface area contributed by atoms with Gasteiger partial charge in [0.15, 0.2) is 0 Å². The van der Waals surface area contributed by atoms with E-state index >= 15 is 0 Å². The van der Waals surface area contributed by atoms with Crippen LogP contribution in [0, 0.1) is 20.8 Å². The summed E-state index contributed by atoms with van der Waals surface area (Å²) in [7, 11) is 0. The predicted molar refractivity (Wildman–Crippen MR) is 110 cm³/mol. The van der Waals surface area contributed by atoms with Crippen LogP contribution in [0.5, 0.6) is 0 Å². The van der Waals surface area contributed by atoms with Crippen molar-refractivity contribution < 1.29 is 4.79 Å². The maximum atomic E-state index is 13.0. The molecule has 1 heterocycles. The molecule has 0 aliphatic heterocycles. The van der Waals surface area contributed by atoms with E-state index in [9.17, 15) is 4.79 Å². The highest BCUT2D eigenvalue weighted by Gasteiger charge is 2.19. The number of aromatic nitrogens is 2. The molecule has 0 aliphatic rings. The molecule has 2 aromatic carbocycles. The first-order chi connectivity index (χ1) is 13.0. The molecule has 5 nitrogen and oxygen atoms in total. The molecule has 5 heteroatoms. The minimum absolute atomic E-state index is 0.141. The second kappa shape index (κ2) is 7.99. The maximum Gasteiger partial charge on any atom is 0.277 e. The van der Waals surface area contributed by atoms with Gasteiger partial charge in [0.25, 0.3) is 5.91 Å². The first-order valence-electron chi connectivity index (χ1n) is 9.04. The average Bonchev–Trinajstić information content (AvgIpc) is 2.61. The van der Waals surface area contributed by atoms with E-state index in [4.69, 9.17) is 0 Å². The molecule has 1 aromatic heterocycles. The Labute approximate surface area is 160 Å². The highest BCUT2D eigenvalue weighted by atomic mass is 16.2. The number of hydrogen-bond donors (Lipinski definition) is 1. The molecule has 0 atom stereocenters. The molecule has 0 saturated carbocycles. The van der Waals surface area contributed by atoms with Gasteiger partial charge in [0.05, 0.1) is 0 Å². The minimum Gasteiger partial charge on any atom is -0.340 e. The van der Waals surface area contributed by atoms with Gasteiger partial charge in [0.1, 0.15) is 17.3 Å². The van der Waals surface area contributed by atoms with Crippen LogP contribution in [0.1, 0.15) is 34.4 Å². The number of nitrogens with one attached hydrogen (secondary N) is 1. The van der Waals surface area contributed by atoms with Crippen molar-refractivity contribution in [1.29, 1.82) is 0 Å². The highest BCUT2D eigenvalue weighted by molar-refractivity contribution is 6.05. The van der Waals surface area contributed by atoms with E-state index in [1.54, 1.807) is 17.9 Å². The summed E-state index contributed by atoms with van der Waals surface area (Å²) < 4.78 is 0. The van der Waals surface area contributed by atoms with Crippen molar-refractivity contribution in [2.45, 2.75) is 27.7 Å². The molecule has 0 fully saturated rings. The zero-order valence-corrected chi connectivity index (χ0v) is 16.2. The molecule has 0 saturated heterocycles. The summed E-state index contributed by atoms with van der Waals surface area (Å²) in [6.07, 6.45) is 0. The second-order valence-corrected chi connectivity index (χ2v) is 6.57. The summed E-state index contributed by atoms with van der Waals surface area (Å²) in [5.74, 6) is 1.02. The van der Waals surface area contributed by atoms with Crippen LogP contribution in [-0.2, 0) is 0 Å². The van der Waals surface area contributed by atoms with Gasteiger partial charge in [-0.3, -0.25) is 4.79 Å². The van der Waals surface area contributed by atoms with Crippen LogP contribution in [0.15, 0.2) is 54.6 Å². The van der Waals surface area contributed by atoms with Crippen LogP contribution in [-0.4, -0.2) is 22.4 Å². The number of hydrogen-bond acceptors (Lipinski definition) is 4. The number of amides is 1. The molecule has 0 radical (unpaired) electrons. The fraction of sp³-hybridized carbons (Fsp3) is 0.227. The molecule has 0 unspecified atom stereocenters. The van der Waals surface area contributed by atoms with E-state index in [1.165, 1.54) is 11.1 Å². The Bertz CT molecular complexity index is 934. The van der Waals surface area contributed by atoms with Crippen molar-refractivity contribution in [2.24, 2.45) is 0 Å². The largest absolute Gasteiger partial charge is 0.340 e. The van der Waals surface area contributed by atoms with E-state index in [2.05, 4.69) is 35.2 Å². The maximum absolute atomic E-state index is 13.0. The van der Waals surface area contributed by atoms with E-state index in [0.717, 1.165) is 11.4 Å². The van der Waals surface area contributed by atoms with E-state index in [0.29, 0.717) is 23.9 Å². The number of carbonyl (C=O) groups is 1. The first kappa shape index (κ1) is 18.6. The highest BCUT2D eigenvalue weighted by Crippen LogP contribution is 2.21. The lowest BCUT2D eigenvalue weighted by molar-refractivity contribution is 0.0983. The van der Waals surface area contributed by atoms with Crippen molar-refractivity contribution >= 4 is 23.1 Å². The Balaban J connectivity index is 1.91. The topological polar surface area (TPSA) is 58.1 Å². The van der Waals surface area contributed by atoms with Gasteiger partial charge < -0.3 is 10.2 Å². The van der Waals surface area contributed by atoms with Crippen LogP contribution in [0.3, 0.4) is 0 Å². The number of rotatable bonds is 5. The summed E-state index contributed by atoms with van der Waals surface area (Å²) >= 11 is 0. The summed E-state index contributed by atoms with van der Waals surface area (Å²) in [6, 6.07) is 17.5. The normalized spacial score (nSPS) is 10.5. The lowest BCUT2D eigenvalue weighted by Gasteiger charge is -2.21. The molecule has 138 valence electrons. The van der Waals surface area contributed by atoms with Gasteiger partial charge in [0, 0.05) is 24.0 Å². The molecule has 3 aromatic rings. The molecule has 0 aliphatic carbocycles. The van der Waals surface area contributed by atoms with Gasteiger partial charge in [-0.2, -0.15) is 0 Å². The smallest absolute Gasteiger partial charge is 0.277 e. The van der Waals surface area contributed by atoms with Crippen LogP contribution < -0.4 is 10.2 Å². The lowest BCUT2D eigenvalue weighted by Crippen LogP contribution is -2.31. The van der Waals surface area contributed by atoms with Gasteiger partial charge in [-0.25, -0.2) is 9.97 Å². The molecular weight excluding hydrogens is 336 g/mol. The summed E-state index contributed by atoms with van der Waals surface area (Å²) in [5, 5.41) is 3.30. The molecule has 3 rings (SSSR count). The summed E-state index contributed by atoms with van der Waals surface area (Å²) in [6.45, 7) is 8.41. The lowest BCUT2D eigenvalue weighted by atomic mass is 10.1. The fourth-order valence-corrected chi connectivity index (χ4v) is 3.13. The average molecular weight is 360 g/mol. The third kappa shape index (κ3) is 4.50. The fourth-order valence-electron chi connectivity index (χ4n) is 3.13. The second-order valence-electron chi connectivity index (χ2n) is 6.57. The van der Waals surface area contributed by atoms with E-state index in [-0.39, 0.29) is 5.91 Å². The molecular formula is C22H24N4O. The predicted octanol–water partition coefficient (Wildman–Crippen LogP) is 4.81. The Hall–Kier alpha value is -3.21. The number of carbonyl (C=O) groups excluding carboxylic acids is 1. The third-order valence-electron chi connectivity index (χ3n) is 4.18. The number of aryl methyl sites for hydroxylation is 3. The Morgan fingerprint density at radius 3 is 2.26 bits per heavy atom. The van der Waals surface area contributed by atoms with Crippen molar-refractivity contribution in [2.75, 3.05) is 16.8 Å². The molecule has 1 amide bonds. The van der Waals surface area contributed by atoms with Crippen LogP contribution in [0.2, 0.25) is 0 Å². The van der Waals surface area contributed by atoms with E-state index < -0.39 is 0 Å². The number of anilines is 3. The number of para-hydroxylation sites is 1. The Morgan fingerprint density at radius 2 is 1.63 bits per heavy atom. The van der Waals surface area contributed by atoms with Crippen LogP contribution >= 0.6 is 0 Å². The van der Waals surface area contributed by atoms with Gasteiger partial charge >= 0.3 is 0 Å². The van der Waals surface area contributed by atoms with E-state index in [1.807, 2.05) is 49.4 Å². The standard InChI is InChI=1S/C22H24N4O/c1-5-26(19-9-7-6-8-10-19)22(27)20-14-21(24-17(4)23-20)25-18-12-15(2)11-16(3)13-18/h6-14H,5H2,1-4H3,(H,23,24,25). The van der Waals surface area contributed by atoms with Gasteiger partial charge in [-0.05, 0) is 63.1 Å². The van der Waals surface area contributed by atoms with Gasteiger partial charge in [0.2, 0.25) is 0 Å².